The number of sulfonamides is 1. The summed E-state index contributed by atoms with van der Waals surface area (Å²) in [5, 5.41) is 4.11. The molecule has 0 unspecified atom stereocenters. The molecule has 0 radical (unpaired) electrons. The van der Waals surface area contributed by atoms with Gasteiger partial charge < -0.3 is 5.32 Å². The third-order valence-corrected chi connectivity index (χ3v) is 7.03. The van der Waals surface area contributed by atoms with E-state index in [0.29, 0.717) is 17.4 Å². The number of nitrogens with one attached hydrogen (secondary N) is 2. The fraction of sp³-hybridized carbons (Fsp3) is 0.364. The van der Waals surface area contributed by atoms with E-state index in [-0.39, 0.29) is 29.3 Å². The summed E-state index contributed by atoms with van der Waals surface area (Å²) in [6.45, 7) is 0. The van der Waals surface area contributed by atoms with Crippen LogP contribution in [0.2, 0.25) is 0 Å². The van der Waals surface area contributed by atoms with Gasteiger partial charge in [-0.3, -0.25) is 0 Å². The molecule has 162 valence electrons. The molecule has 2 aliphatic carbocycles. The predicted octanol–water partition coefficient (Wildman–Crippen LogP) is 3.77. The quantitative estimate of drug-likeness (QED) is 0.553. The van der Waals surface area contributed by atoms with Crippen molar-refractivity contribution in [2.75, 3.05) is 11.1 Å². The maximum absolute atomic E-state index is 15.3. The Morgan fingerprint density at radius 1 is 1.00 bits per heavy atom. The normalized spacial score (nSPS) is 16.6. The van der Waals surface area contributed by atoms with Crippen molar-refractivity contribution in [2.24, 2.45) is 0 Å². The van der Waals surface area contributed by atoms with Gasteiger partial charge in [0, 0.05) is 28.6 Å². The Labute approximate surface area is 179 Å². The van der Waals surface area contributed by atoms with Gasteiger partial charge in [-0.2, -0.15) is 0 Å². The molecule has 0 spiro atoms. The van der Waals surface area contributed by atoms with Crippen molar-refractivity contribution in [3.05, 3.63) is 53.9 Å². The minimum Gasteiger partial charge on any atom is -0.367 e. The summed E-state index contributed by atoms with van der Waals surface area (Å²) < 4.78 is 56.5. The van der Waals surface area contributed by atoms with Crippen LogP contribution in [-0.4, -0.2) is 36.2 Å². The maximum atomic E-state index is 15.3. The van der Waals surface area contributed by atoms with Crippen LogP contribution in [0.3, 0.4) is 0 Å². The van der Waals surface area contributed by atoms with Crippen LogP contribution < -0.4 is 10.0 Å². The lowest BCUT2D eigenvalue weighted by molar-refractivity contribution is 0.556. The predicted molar refractivity (Wildman–Crippen MR) is 115 cm³/mol. The maximum Gasteiger partial charge on any atom is 0.212 e. The number of fused-ring (bicyclic) bond motifs is 1. The number of aromatic nitrogens is 2. The number of hydrogen-bond donors (Lipinski definition) is 2. The molecule has 3 aromatic rings. The van der Waals surface area contributed by atoms with Gasteiger partial charge in [-0.25, -0.2) is 31.9 Å². The second-order valence-corrected chi connectivity index (χ2v) is 10.1. The lowest BCUT2D eigenvalue weighted by Crippen LogP contribution is -2.29. The van der Waals surface area contributed by atoms with Crippen LogP contribution in [0.4, 0.5) is 14.6 Å². The summed E-state index contributed by atoms with van der Waals surface area (Å²) in [7, 11) is -3.58. The molecule has 5 rings (SSSR count). The second-order valence-electron chi connectivity index (χ2n) is 8.22. The highest BCUT2D eigenvalue weighted by molar-refractivity contribution is 7.89. The van der Waals surface area contributed by atoms with Gasteiger partial charge in [-0.1, -0.05) is 6.07 Å². The first kappa shape index (κ1) is 20.3. The first-order valence-corrected chi connectivity index (χ1v) is 12.0. The minimum atomic E-state index is -3.58. The van der Waals surface area contributed by atoms with Gasteiger partial charge >= 0.3 is 0 Å². The fourth-order valence-electron chi connectivity index (χ4n) is 3.56. The van der Waals surface area contributed by atoms with E-state index < -0.39 is 21.7 Å². The molecule has 0 amide bonds. The molecule has 0 saturated heterocycles. The number of nitrogens with zero attached hydrogens (tertiary/aromatic N) is 2. The van der Waals surface area contributed by atoms with Gasteiger partial charge in [-0.15, -0.1) is 0 Å². The zero-order valence-corrected chi connectivity index (χ0v) is 17.6. The topological polar surface area (TPSA) is 84.0 Å². The molecule has 0 atom stereocenters. The Hall–Kier alpha value is -2.65. The van der Waals surface area contributed by atoms with E-state index >= 15 is 4.39 Å². The summed E-state index contributed by atoms with van der Waals surface area (Å²) in [6.07, 6.45) is 5.03. The van der Waals surface area contributed by atoms with Crippen molar-refractivity contribution in [1.29, 1.82) is 0 Å². The second kappa shape index (κ2) is 7.80. The Morgan fingerprint density at radius 2 is 1.77 bits per heavy atom. The highest BCUT2D eigenvalue weighted by atomic mass is 32.2. The molecule has 2 aromatic carbocycles. The van der Waals surface area contributed by atoms with Crippen LogP contribution in [-0.2, 0) is 16.4 Å². The summed E-state index contributed by atoms with van der Waals surface area (Å²) in [4.78, 5) is 8.58. The van der Waals surface area contributed by atoms with Crippen LogP contribution in [0.1, 0.15) is 31.2 Å². The summed E-state index contributed by atoms with van der Waals surface area (Å²) in [6, 6.07) is 8.20. The van der Waals surface area contributed by atoms with Gasteiger partial charge in [0.05, 0.1) is 11.3 Å². The van der Waals surface area contributed by atoms with Crippen LogP contribution in [0, 0.1) is 11.6 Å². The van der Waals surface area contributed by atoms with E-state index in [2.05, 4.69) is 20.0 Å². The van der Waals surface area contributed by atoms with Crippen molar-refractivity contribution in [3.8, 4) is 11.1 Å². The van der Waals surface area contributed by atoms with E-state index in [4.69, 9.17) is 0 Å². The molecular formula is C22H22F2N4O2S. The standard InChI is InChI=1S/C22H22F2N4O2S/c23-19-7-6-16(21(24)17(19)9-10-31(29,30)28-15-4-5-15)13-1-8-20-18(11-13)22(26-12-25-20)27-14-2-3-14/h1,6-8,11-12,14-15,28H,2-5,9-10H2,(H,25,26,27). The van der Waals surface area contributed by atoms with Gasteiger partial charge in [0.25, 0.3) is 0 Å². The highest BCUT2D eigenvalue weighted by Gasteiger charge is 2.27. The number of rotatable bonds is 8. The zero-order chi connectivity index (χ0) is 21.6. The molecule has 9 heteroatoms. The highest BCUT2D eigenvalue weighted by Crippen LogP contribution is 2.33. The molecule has 2 fully saturated rings. The Morgan fingerprint density at radius 3 is 2.52 bits per heavy atom. The minimum absolute atomic E-state index is 0.0377. The van der Waals surface area contributed by atoms with E-state index in [1.54, 1.807) is 18.2 Å². The van der Waals surface area contributed by atoms with Crippen LogP contribution >= 0.6 is 0 Å². The fourth-order valence-corrected chi connectivity index (χ4v) is 4.89. The van der Waals surface area contributed by atoms with Crippen LogP contribution in [0.15, 0.2) is 36.7 Å². The molecule has 1 heterocycles. The molecule has 2 saturated carbocycles. The van der Waals surface area contributed by atoms with Crippen molar-refractivity contribution < 1.29 is 17.2 Å². The average molecular weight is 445 g/mol. The Kier molecular flexibility index (Phi) is 5.10. The van der Waals surface area contributed by atoms with Crippen molar-refractivity contribution in [2.45, 2.75) is 44.2 Å². The Bertz CT molecular complexity index is 1260. The van der Waals surface area contributed by atoms with E-state index in [1.165, 1.54) is 18.5 Å². The van der Waals surface area contributed by atoms with Gasteiger partial charge in [0.2, 0.25) is 10.0 Å². The van der Waals surface area contributed by atoms with Crippen LogP contribution in [0.25, 0.3) is 22.0 Å². The van der Waals surface area contributed by atoms with Crippen molar-refractivity contribution in [3.63, 3.8) is 0 Å². The summed E-state index contributed by atoms with van der Waals surface area (Å²) >= 11 is 0. The smallest absolute Gasteiger partial charge is 0.212 e. The monoisotopic (exact) mass is 444 g/mol. The molecular weight excluding hydrogens is 422 g/mol. The molecule has 0 aliphatic heterocycles. The SMILES string of the molecule is O=S(=O)(CCc1c(F)ccc(-c2ccc3ncnc(NC4CC4)c3c2)c1F)NC1CC1. The van der Waals surface area contributed by atoms with E-state index in [9.17, 15) is 12.8 Å². The van der Waals surface area contributed by atoms with Gasteiger partial charge in [-0.05, 0) is 61.9 Å². The third-order valence-electron chi connectivity index (χ3n) is 5.59. The summed E-state index contributed by atoms with van der Waals surface area (Å²) in [5.74, 6) is -1.16. The lowest BCUT2D eigenvalue weighted by atomic mass is 9.99. The van der Waals surface area contributed by atoms with Gasteiger partial charge in [0.1, 0.15) is 23.8 Å². The van der Waals surface area contributed by atoms with E-state index in [0.717, 1.165) is 36.6 Å². The van der Waals surface area contributed by atoms with Crippen molar-refractivity contribution in [1.82, 2.24) is 14.7 Å². The van der Waals surface area contributed by atoms with Gasteiger partial charge in [0.15, 0.2) is 0 Å². The van der Waals surface area contributed by atoms with Crippen molar-refractivity contribution >= 4 is 26.7 Å². The van der Waals surface area contributed by atoms with E-state index in [1.807, 2.05) is 0 Å². The number of halogens is 2. The largest absolute Gasteiger partial charge is 0.367 e. The number of benzene rings is 2. The molecule has 31 heavy (non-hydrogen) atoms. The molecule has 2 aliphatic rings. The average Bonchev–Trinajstić information content (AvgIpc) is 3.65. The molecule has 0 bridgehead atoms. The number of hydrogen-bond acceptors (Lipinski definition) is 5. The first-order chi connectivity index (χ1) is 14.9. The number of anilines is 1. The zero-order valence-electron chi connectivity index (χ0n) is 16.7. The Balaban J connectivity index is 1.47. The summed E-state index contributed by atoms with van der Waals surface area (Å²) in [5.41, 5.74) is 1.27. The first-order valence-electron chi connectivity index (χ1n) is 10.4. The molecule has 1 aromatic heterocycles. The third kappa shape index (κ3) is 4.52. The molecule has 6 nitrogen and oxygen atoms in total. The molecule has 2 N–H and O–H groups in total. The van der Waals surface area contributed by atoms with Crippen LogP contribution in [0.5, 0.6) is 0 Å². The lowest BCUT2D eigenvalue weighted by Gasteiger charge is -2.12.